The Morgan fingerprint density at radius 1 is 1.00 bits per heavy atom. The first kappa shape index (κ1) is 38.3. The number of hydrogen-bond donors (Lipinski definition) is 3. The van der Waals surface area contributed by atoms with E-state index in [-0.39, 0.29) is 58.2 Å². The summed E-state index contributed by atoms with van der Waals surface area (Å²) >= 11 is 0. The average molecular weight is 763 g/mol. The maximum absolute atomic E-state index is 13.5. The third-order valence-electron chi connectivity index (χ3n) is 17.0. The van der Waals surface area contributed by atoms with Gasteiger partial charge in [-0.2, -0.15) is 17.9 Å². The van der Waals surface area contributed by atoms with Crippen LogP contribution in [0.5, 0.6) is 0 Å². The van der Waals surface area contributed by atoms with Crippen molar-refractivity contribution in [1.29, 1.82) is 0 Å². The number of morpholine rings is 1. The number of rotatable bonds is 7. The van der Waals surface area contributed by atoms with Crippen LogP contribution in [0.25, 0.3) is 0 Å². The van der Waals surface area contributed by atoms with Gasteiger partial charge in [-0.15, -0.1) is 0 Å². The van der Waals surface area contributed by atoms with E-state index in [9.17, 15) is 31.8 Å². The fourth-order valence-corrected chi connectivity index (χ4v) is 15.3. The summed E-state index contributed by atoms with van der Waals surface area (Å²) in [5.74, 6) is 0.603. The zero-order valence-electron chi connectivity index (χ0n) is 31.9. The Kier molecular flexibility index (Phi) is 8.82. The molecule has 1 unspecified atom stereocenters. The van der Waals surface area contributed by atoms with Crippen molar-refractivity contribution in [2.24, 2.45) is 50.7 Å². The van der Waals surface area contributed by atoms with E-state index in [1.807, 2.05) is 0 Å². The van der Waals surface area contributed by atoms with Gasteiger partial charge >= 0.3 is 15.5 Å². The van der Waals surface area contributed by atoms with Crippen molar-refractivity contribution in [2.45, 2.75) is 154 Å². The first-order valence-electron chi connectivity index (χ1n) is 19.8. The number of aliphatic hydroxyl groups is 2. The maximum Gasteiger partial charge on any atom is 0.511 e. The summed E-state index contributed by atoms with van der Waals surface area (Å²) in [6, 6.07) is -1.10. The molecule has 10 nitrogen and oxygen atoms in total. The van der Waals surface area contributed by atoms with Gasteiger partial charge in [0.05, 0.1) is 68.5 Å². The van der Waals surface area contributed by atoms with Crippen LogP contribution < -0.4 is 4.72 Å². The van der Waals surface area contributed by atoms with Gasteiger partial charge in [0, 0.05) is 12.0 Å². The van der Waals surface area contributed by atoms with Crippen LogP contribution in [0, 0.1) is 50.7 Å². The highest BCUT2D eigenvalue weighted by Gasteiger charge is 2.84. The molecule has 8 fully saturated rings. The molecule has 8 aliphatic rings. The van der Waals surface area contributed by atoms with E-state index >= 15 is 0 Å². The Labute approximate surface area is 307 Å². The van der Waals surface area contributed by atoms with Crippen LogP contribution >= 0.6 is 0 Å². The third-order valence-corrected chi connectivity index (χ3v) is 18.2. The first-order chi connectivity index (χ1) is 24.0. The van der Waals surface area contributed by atoms with Crippen molar-refractivity contribution in [2.75, 3.05) is 32.9 Å². The molecule has 298 valence electrons. The Morgan fingerprint density at radius 3 is 2.31 bits per heavy atom. The molecule has 14 heteroatoms. The molecule has 3 N–H and O–H groups in total. The summed E-state index contributed by atoms with van der Waals surface area (Å²) in [5.41, 5.74) is -7.95. The Morgan fingerprint density at radius 2 is 1.67 bits per heavy atom. The highest BCUT2D eigenvalue weighted by atomic mass is 32.2. The summed E-state index contributed by atoms with van der Waals surface area (Å²) in [6.07, 6.45) is 4.74. The molecule has 3 aliphatic heterocycles. The second-order valence-electron chi connectivity index (χ2n) is 19.9. The third kappa shape index (κ3) is 5.19. The van der Waals surface area contributed by atoms with E-state index in [4.69, 9.17) is 18.9 Å². The SMILES string of the molecule is C[C@@H]1C[C@H]([C@H](NS(=O)(=O)C(F)(F)F)C(C)(C)O)O[C@H]2[C@H]1[C@@]1(C)CCC34C[C@@]35CC[C@H](O[C@H]3CN(C6COC6)CCO3)C(C)(C)[C@@H]5CC[C@H]4[C@]1(C)[C@H]2O. The van der Waals surface area contributed by atoms with Crippen molar-refractivity contribution in [3.05, 3.63) is 0 Å². The standard InChI is InChI=1S/C38H61F3N2O8S/c1-21-16-23(30(33(4,5)45)42-52(46,47)38(39,40)41)50-29-28(21)34(6)12-13-37-20-36(37)11-10-26(51-27-17-43(14-15-49-27)22-18-48-19-22)32(2,3)24(36)8-9-25(37)35(34,7)31(29)44/h21-31,42,44-45H,8-20H2,1-7H3/t21-,23-,24+,25+,26+,27+,28+,29+,30+,31+,34-,35-,36-,37?/m1/s1. The average Bonchev–Trinajstić information content (AvgIpc) is 3.64. The number of nitrogens with one attached hydrogen (secondary N) is 1. The molecule has 2 spiro atoms. The van der Waals surface area contributed by atoms with E-state index in [1.54, 1.807) is 4.72 Å². The van der Waals surface area contributed by atoms with E-state index < -0.39 is 50.9 Å². The smallest absolute Gasteiger partial charge is 0.390 e. The number of hydrogen-bond acceptors (Lipinski definition) is 9. The van der Waals surface area contributed by atoms with Gasteiger partial charge < -0.3 is 29.2 Å². The van der Waals surface area contributed by atoms with Crippen molar-refractivity contribution in [3.8, 4) is 0 Å². The predicted molar refractivity (Wildman–Crippen MR) is 185 cm³/mol. The molecular weight excluding hydrogens is 701 g/mol. The number of fused-ring (bicyclic) bond motifs is 4. The molecule has 3 saturated heterocycles. The van der Waals surface area contributed by atoms with E-state index in [0.29, 0.717) is 18.6 Å². The summed E-state index contributed by atoms with van der Waals surface area (Å²) in [6.45, 7) is 17.9. The zero-order chi connectivity index (χ0) is 37.7. The van der Waals surface area contributed by atoms with Gasteiger partial charge in [-0.05, 0) is 111 Å². The van der Waals surface area contributed by atoms with Crippen molar-refractivity contribution < 1.29 is 50.7 Å². The molecule has 14 atom stereocenters. The van der Waals surface area contributed by atoms with Crippen molar-refractivity contribution in [1.82, 2.24) is 9.62 Å². The molecule has 5 saturated carbocycles. The van der Waals surface area contributed by atoms with Gasteiger partial charge in [-0.3, -0.25) is 4.90 Å². The van der Waals surface area contributed by atoms with Gasteiger partial charge in [0.15, 0.2) is 6.29 Å². The second kappa shape index (κ2) is 12.0. The van der Waals surface area contributed by atoms with Crippen LogP contribution in [0.2, 0.25) is 0 Å². The summed E-state index contributed by atoms with van der Waals surface area (Å²) in [5, 5.41) is 23.6. The molecule has 3 heterocycles. The highest BCUT2D eigenvalue weighted by molar-refractivity contribution is 7.90. The monoisotopic (exact) mass is 762 g/mol. The van der Waals surface area contributed by atoms with Gasteiger partial charge in [0.25, 0.3) is 0 Å². The lowest BCUT2D eigenvalue weighted by atomic mass is 9.41. The van der Waals surface area contributed by atoms with Gasteiger partial charge in [-0.1, -0.05) is 34.6 Å². The number of ether oxygens (including phenoxy) is 4. The number of halogens is 3. The maximum atomic E-state index is 13.5. The number of aliphatic hydroxyl groups excluding tert-OH is 1. The molecule has 52 heavy (non-hydrogen) atoms. The normalized spacial score (nSPS) is 49.8. The molecule has 0 aromatic carbocycles. The topological polar surface area (TPSA) is 127 Å². The lowest BCUT2D eigenvalue weighted by Crippen LogP contribution is -2.61. The Hall–Kier alpha value is -0.580. The fraction of sp³-hybridized carbons (Fsp3) is 1.00. The van der Waals surface area contributed by atoms with Crippen LogP contribution in [-0.2, 0) is 29.0 Å². The van der Waals surface area contributed by atoms with Crippen LogP contribution in [0.1, 0.15) is 99.8 Å². The van der Waals surface area contributed by atoms with E-state index in [2.05, 4.69) is 39.5 Å². The molecule has 5 aliphatic carbocycles. The molecular formula is C38H61F3N2O8S. The van der Waals surface area contributed by atoms with Gasteiger partial charge in [-0.25, -0.2) is 8.42 Å². The largest absolute Gasteiger partial charge is 0.511 e. The lowest BCUT2D eigenvalue weighted by Gasteiger charge is -2.64. The van der Waals surface area contributed by atoms with Crippen molar-refractivity contribution >= 4 is 10.0 Å². The van der Waals surface area contributed by atoms with Gasteiger partial charge in [0.2, 0.25) is 0 Å². The van der Waals surface area contributed by atoms with Gasteiger partial charge in [0.1, 0.15) is 0 Å². The minimum atomic E-state index is -5.76. The Bertz CT molecular complexity index is 1520. The van der Waals surface area contributed by atoms with Crippen LogP contribution in [0.15, 0.2) is 0 Å². The summed E-state index contributed by atoms with van der Waals surface area (Å²) in [7, 11) is -5.76. The molecule has 0 amide bonds. The number of alkyl halides is 3. The lowest BCUT2D eigenvalue weighted by molar-refractivity contribution is -0.256. The first-order valence-corrected chi connectivity index (χ1v) is 21.3. The second-order valence-corrected chi connectivity index (χ2v) is 21.6. The van der Waals surface area contributed by atoms with Crippen LogP contribution in [-0.4, -0.2) is 110 Å². The quantitative estimate of drug-likeness (QED) is 0.335. The minimum absolute atomic E-state index is 0.0530. The summed E-state index contributed by atoms with van der Waals surface area (Å²) < 4.78 is 91.9. The molecule has 0 bridgehead atoms. The molecule has 8 rings (SSSR count). The fourth-order valence-electron chi connectivity index (χ4n) is 14.3. The summed E-state index contributed by atoms with van der Waals surface area (Å²) in [4.78, 5) is 2.44. The zero-order valence-corrected chi connectivity index (χ0v) is 32.7. The molecule has 0 aromatic rings. The van der Waals surface area contributed by atoms with E-state index in [1.165, 1.54) is 13.8 Å². The van der Waals surface area contributed by atoms with E-state index in [0.717, 1.165) is 71.2 Å². The highest BCUT2D eigenvalue weighted by Crippen LogP contribution is 2.89. The predicted octanol–water partition coefficient (Wildman–Crippen LogP) is 4.82. The Balaban J connectivity index is 1.03. The molecule has 0 aromatic heterocycles. The van der Waals surface area contributed by atoms with Crippen LogP contribution in [0.4, 0.5) is 13.2 Å². The van der Waals surface area contributed by atoms with Crippen LogP contribution in [0.3, 0.4) is 0 Å². The van der Waals surface area contributed by atoms with Crippen molar-refractivity contribution in [3.63, 3.8) is 0 Å². The minimum Gasteiger partial charge on any atom is -0.390 e. The number of sulfonamides is 1. The molecule has 0 radical (unpaired) electrons. The number of nitrogens with zero attached hydrogens (tertiary/aromatic N) is 1.